The fourth-order valence-electron chi connectivity index (χ4n) is 7.01. The van der Waals surface area contributed by atoms with Crippen LogP contribution >= 0.6 is 0 Å². The smallest absolute Gasteiger partial charge is 0.338 e. The van der Waals surface area contributed by atoms with Crippen LogP contribution < -0.4 is 5.32 Å². The summed E-state index contributed by atoms with van der Waals surface area (Å²) in [6, 6.07) is 9.44. The third-order valence-corrected chi connectivity index (χ3v) is 9.06. The molecular weight excluding hydrogens is 532 g/mol. The largest absolute Gasteiger partial charge is 0.462 e. The summed E-state index contributed by atoms with van der Waals surface area (Å²) in [5.41, 5.74) is -0.00357. The molecule has 4 unspecified atom stereocenters. The molecule has 0 spiro atoms. The molecule has 4 atom stereocenters. The van der Waals surface area contributed by atoms with E-state index in [1.165, 1.54) is 19.3 Å². The molecule has 3 aliphatic rings. The molecule has 0 bridgehead atoms. The summed E-state index contributed by atoms with van der Waals surface area (Å²) in [4.78, 5) is 30.9. The van der Waals surface area contributed by atoms with Crippen LogP contribution in [0.2, 0.25) is 0 Å². The topological polar surface area (TPSA) is 97.3 Å². The van der Waals surface area contributed by atoms with Gasteiger partial charge in [-0.2, -0.15) is 5.06 Å². The van der Waals surface area contributed by atoms with Gasteiger partial charge in [0.25, 0.3) is 0 Å². The first kappa shape index (κ1) is 34.5. The van der Waals surface area contributed by atoms with Crippen LogP contribution in [0.4, 0.5) is 0 Å². The van der Waals surface area contributed by atoms with Crippen LogP contribution in [0, 0.1) is 11.3 Å². The van der Waals surface area contributed by atoms with Crippen LogP contribution in [-0.2, 0) is 19.1 Å². The number of nitrogens with zero attached hydrogens (tertiary/aromatic N) is 1. The lowest BCUT2D eigenvalue weighted by Gasteiger charge is -2.53. The van der Waals surface area contributed by atoms with Crippen molar-refractivity contribution in [1.29, 1.82) is 0 Å². The van der Waals surface area contributed by atoms with Gasteiger partial charge in [-0.3, -0.25) is 9.63 Å². The molecule has 3 fully saturated rings. The highest BCUT2D eigenvalue weighted by molar-refractivity contribution is 5.89. The highest BCUT2D eigenvalue weighted by Gasteiger charge is 2.48. The van der Waals surface area contributed by atoms with Gasteiger partial charge in [0.15, 0.2) is 0 Å². The summed E-state index contributed by atoms with van der Waals surface area (Å²) < 4.78 is 11.5. The highest BCUT2D eigenvalue weighted by atomic mass is 16.7. The number of aliphatic hydroxyl groups is 1. The van der Waals surface area contributed by atoms with Gasteiger partial charge in [-0.25, -0.2) is 4.79 Å². The lowest BCUT2D eigenvalue weighted by molar-refractivity contribution is -0.292. The van der Waals surface area contributed by atoms with E-state index in [-0.39, 0.29) is 59.8 Å². The maximum absolute atomic E-state index is 12.5. The van der Waals surface area contributed by atoms with E-state index in [9.17, 15) is 14.7 Å². The first-order valence-electron chi connectivity index (χ1n) is 15.9. The van der Waals surface area contributed by atoms with Crippen LogP contribution in [-0.4, -0.2) is 70.7 Å². The van der Waals surface area contributed by atoms with Crippen molar-refractivity contribution < 1.29 is 29.0 Å². The predicted octanol–water partition coefficient (Wildman–Crippen LogP) is 6.06. The average Bonchev–Trinajstić information content (AvgIpc) is 2.89. The lowest BCUT2D eigenvalue weighted by Crippen LogP contribution is -2.62. The second-order valence-electron chi connectivity index (χ2n) is 14.6. The van der Waals surface area contributed by atoms with Gasteiger partial charge in [0.05, 0.1) is 24.7 Å². The molecule has 2 N–H and O–H groups in total. The van der Waals surface area contributed by atoms with E-state index in [1.54, 1.807) is 12.1 Å². The lowest BCUT2D eigenvalue weighted by atomic mass is 9.70. The number of esters is 2. The van der Waals surface area contributed by atoms with Crippen molar-refractivity contribution in [3.05, 3.63) is 35.9 Å². The number of aliphatic hydroxyl groups excluding tert-OH is 1. The Morgan fingerprint density at radius 2 is 1.60 bits per heavy atom. The Bertz CT molecular complexity index is 993. The van der Waals surface area contributed by atoms with E-state index in [1.807, 2.05) is 23.3 Å². The normalized spacial score (nSPS) is 29.1. The van der Waals surface area contributed by atoms with Crippen molar-refractivity contribution in [2.24, 2.45) is 11.3 Å². The number of nitrogens with one attached hydrogen (secondary N) is 1. The van der Waals surface area contributed by atoms with Gasteiger partial charge in [-0.15, -0.1) is 0 Å². The highest BCUT2D eigenvalue weighted by Crippen LogP contribution is 2.40. The van der Waals surface area contributed by atoms with E-state index in [2.05, 4.69) is 60.7 Å². The second kappa shape index (κ2) is 14.7. The summed E-state index contributed by atoms with van der Waals surface area (Å²) in [6.07, 6.45) is 6.57. The molecule has 0 radical (unpaired) electrons. The summed E-state index contributed by atoms with van der Waals surface area (Å²) in [6.45, 7) is 18.0. The molecule has 2 heterocycles. The van der Waals surface area contributed by atoms with Crippen molar-refractivity contribution in [3.63, 3.8) is 0 Å². The Morgan fingerprint density at radius 3 is 2.17 bits per heavy atom. The van der Waals surface area contributed by atoms with Crippen LogP contribution in [0.3, 0.4) is 0 Å². The van der Waals surface area contributed by atoms with Gasteiger partial charge in [-0.1, -0.05) is 45.4 Å². The zero-order valence-corrected chi connectivity index (χ0v) is 27.3. The van der Waals surface area contributed by atoms with Gasteiger partial charge in [0.2, 0.25) is 0 Å². The van der Waals surface area contributed by atoms with Crippen molar-refractivity contribution in [2.75, 3.05) is 13.2 Å². The van der Waals surface area contributed by atoms with Crippen molar-refractivity contribution >= 4 is 11.9 Å². The van der Waals surface area contributed by atoms with Crippen LogP contribution in [0.5, 0.6) is 0 Å². The molecule has 2 saturated heterocycles. The maximum atomic E-state index is 12.5. The van der Waals surface area contributed by atoms with Crippen LogP contribution in [0.15, 0.2) is 30.3 Å². The summed E-state index contributed by atoms with van der Waals surface area (Å²) in [5, 5.41) is 15.0. The zero-order chi connectivity index (χ0) is 31.1. The molecule has 1 aromatic rings. The molecule has 1 aliphatic carbocycles. The number of rotatable bonds is 7. The molecule has 1 aromatic carbocycles. The first-order chi connectivity index (χ1) is 19.6. The van der Waals surface area contributed by atoms with Crippen molar-refractivity contribution in [2.45, 2.75) is 142 Å². The standard InChI is InChI=1S/C25H38N2O5.C9H18O/c1-18-15-20(11-13-26-18)31-22(28)12-14-30-27-24(2,3)16-21(17-25(27,4)5)32-23(29)19-9-7-6-8-10-19;1-7-5-4-6-9(2,3)8(7)10/h6-10,18,20-21,26H,11-17H2,1-5H3;7-8,10H,4-6H2,1-3H3. The number of hydrogen-bond donors (Lipinski definition) is 2. The van der Waals surface area contributed by atoms with Crippen LogP contribution in [0.25, 0.3) is 0 Å². The Balaban J connectivity index is 0.000000408. The molecule has 0 aromatic heterocycles. The van der Waals surface area contributed by atoms with Gasteiger partial charge in [-0.05, 0) is 90.3 Å². The maximum Gasteiger partial charge on any atom is 0.338 e. The fourth-order valence-corrected chi connectivity index (χ4v) is 7.01. The zero-order valence-electron chi connectivity index (χ0n) is 27.3. The molecule has 2 aliphatic heterocycles. The van der Waals surface area contributed by atoms with Gasteiger partial charge < -0.3 is 19.9 Å². The predicted molar refractivity (Wildman–Crippen MR) is 165 cm³/mol. The molecule has 238 valence electrons. The Labute approximate surface area is 253 Å². The number of piperidine rings is 2. The molecule has 0 amide bonds. The van der Waals surface area contributed by atoms with E-state index in [0.717, 1.165) is 19.4 Å². The minimum Gasteiger partial charge on any atom is -0.462 e. The third kappa shape index (κ3) is 9.76. The minimum absolute atomic E-state index is 0.0123. The van der Waals surface area contributed by atoms with Gasteiger partial charge in [0, 0.05) is 30.0 Å². The number of hydrogen-bond acceptors (Lipinski definition) is 8. The Kier molecular flexibility index (Phi) is 12.0. The Hall–Kier alpha value is -2.00. The fraction of sp³-hybridized carbons (Fsp3) is 0.765. The first-order valence-corrected chi connectivity index (χ1v) is 15.9. The number of carbonyl (C=O) groups is 2. The summed E-state index contributed by atoms with van der Waals surface area (Å²) in [7, 11) is 0. The van der Waals surface area contributed by atoms with Gasteiger partial charge in [0.1, 0.15) is 12.2 Å². The third-order valence-electron chi connectivity index (χ3n) is 9.06. The Morgan fingerprint density at radius 1 is 0.952 bits per heavy atom. The molecule has 1 saturated carbocycles. The van der Waals surface area contributed by atoms with Gasteiger partial charge >= 0.3 is 11.9 Å². The molecule has 8 heteroatoms. The van der Waals surface area contributed by atoms with E-state index < -0.39 is 0 Å². The van der Waals surface area contributed by atoms with E-state index >= 15 is 0 Å². The van der Waals surface area contributed by atoms with E-state index in [4.69, 9.17) is 14.3 Å². The molecular formula is C34H56N2O6. The molecule has 8 nitrogen and oxygen atoms in total. The quantitative estimate of drug-likeness (QED) is 0.371. The monoisotopic (exact) mass is 588 g/mol. The SMILES string of the molecule is CC1CC(OC(=O)CCON2C(C)(C)CC(OC(=O)c3ccccc3)CC2(C)C)CCN1.CC1CCCC(C)(C)C1O. The minimum atomic E-state index is -0.363. The van der Waals surface area contributed by atoms with Crippen LogP contribution in [0.1, 0.15) is 117 Å². The van der Waals surface area contributed by atoms with Crippen molar-refractivity contribution in [1.82, 2.24) is 10.4 Å². The average molecular weight is 589 g/mol. The summed E-state index contributed by atoms with van der Waals surface area (Å²) in [5.74, 6) is -0.0123. The molecule has 42 heavy (non-hydrogen) atoms. The number of benzene rings is 1. The summed E-state index contributed by atoms with van der Waals surface area (Å²) >= 11 is 0. The second-order valence-corrected chi connectivity index (χ2v) is 14.6. The number of hydroxylamine groups is 2. The van der Waals surface area contributed by atoms with E-state index in [0.29, 0.717) is 30.4 Å². The molecule has 4 rings (SSSR count). The van der Waals surface area contributed by atoms with Crippen molar-refractivity contribution in [3.8, 4) is 0 Å². The number of ether oxygens (including phenoxy) is 2. The number of carbonyl (C=O) groups excluding carboxylic acids is 2.